The lowest BCUT2D eigenvalue weighted by Gasteiger charge is -2.13. The molecule has 33 heavy (non-hydrogen) atoms. The fraction of sp³-hybridized carbons (Fsp3) is 0.440. The number of carbonyl (C=O) groups excluding carboxylic acids is 2. The van der Waals surface area contributed by atoms with E-state index >= 15 is 0 Å². The molecule has 0 bridgehead atoms. The van der Waals surface area contributed by atoms with Gasteiger partial charge in [0, 0.05) is 13.1 Å². The molecular formula is C25H40N4O4. The van der Waals surface area contributed by atoms with E-state index in [0.29, 0.717) is 48.8 Å². The summed E-state index contributed by atoms with van der Waals surface area (Å²) < 4.78 is 9.92. The Labute approximate surface area is 198 Å². The zero-order chi connectivity index (χ0) is 25.2. The van der Waals surface area contributed by atoms with Gasteiger partial charge in [-0.3, -0.25) is 0 Å². The third kappa shape index (κ3) is 10.2. The molecule has 8 heteroatoms. The smallest absolute Gasteiger partial charge is 0.338 e. The summed E-state index contributed by atoms with van der Waals surface area (Å²) in [5.41, 5.74) is 15.4. The van der Waals surface area contributed by atoms with Crippen molar-refractivity contribution in [2.45, 2.75) is 48.0 Å². The van der Waals surface area contributed by atoms with Gasteiger partial charge in [-0.15, -0.1) is 0 Å². The molecule has 2 aromatic rings. The number of benzene rings is 2. The molecule has 2 rings (SSSR count). The first-order chi connectivity index (χ1) is 16.0. The van der Waals surface area contributed by atoms with Crippen LogP contribution in [0.3, 0.4) is 0 Å². The number of ether oxygens (including phenoxy) is 2. The minimum Gasteiger partial charge on any atom is -0.462 e. The zero-order valence-electron chi connectivity index (χ0n) is 20.8. The van der Waals surface area contributed by atoms with E-state index in [1.165, 1.54) is 0 Å². The molecule has 0 unspecified atom stereocenters. The van der Waals surface area contributed by atoms with Gasteiger partial charge < -0.3 is 31.6 Å². The predicted octanol–water partition coefficient (Wildman–Crippen LogP) is 5.17. The van der Waals surface area contributed by atoms with E-state index in [2.05, 4.69) is 10.6 Å². The molecule has 0 aliphatic rings. The number of esters is 2. The van der Waals surface area contributed by atoms with Crippen LogP contribution in [-0.4, -0.2) is 38.2 Å². The van der Waals surface area contributed by atoms with Crippen LogP contribution in [0.5, 0.6) is 0 Å². The summed E-state index contributed by atoms with van der Waals surface area (Å²) in [7, 11) is 0. The molecule has 0 amide bonds. The first-order valence-corrected chi connectivity index (χ1v) is 11.6. The Morgan fingerprint density at radius 2 is 1.09 bits per heavy atom. The molecule has 0 radical (unpaired) electrons. The second-order valence-electron chi connectivity index (χ2n) is 6.25. The van der Waals surface area contributed by atoms with E-state index in [4.69, 9.17) is 20.9 Å². The zero-order valence-corrected chi connectivity index (χ0v) is 20.8. The van der Waals surface area contributed by atoms with Crippen LogP contribution in [0.25, 0.3) is 0 Å². The Morgan fingerprint density at radius 1 is 0.727 bits per heavy atom. The Kier molecular flexibility index (Phi) is 15.4. The summed E-state index contributed by atoms with van der Waals surface area (Å²) >= 11 is 0. The second kappa shape index (κ2) is 17.2. The maximum Gasteiger partial charge on any atom is 0.338 e. The van der Waals surface area contributed by atoms with Crippen molar-refractivity contribution in [2.24, 2.45) is 0 Å². The van der Waals surface area contributed by atoms with Crippen molar-refractivity contribution in [3.05, 3.63) is 47.5 Å². The minimum atomic E-state index is -0.387. The molecule has 0 saturated carbocycles. The summed E-state index contributed by atoms with van der Waals surface area (Å²) in [5, 5.41) is 6.48. The van der Waals surface area contributed by atoms with Crippen molar-refractivity contribution in [1.82, 2.24) is 0 Å². The Bertz CT molecular complexity index is 787. The highest BCUT2D eigenvalue weighted by Gasteiger charge is 2.10. The largest absolute Gasteiger partial charge is 0.462 e. The van der Waals surface area contributed by atoms with Gasteiger partial charge in [0.15, 0.2) is 0 Å². The van der Waals surface area contributed by atoms with Crippen LogP contribution in [0.2, 0.25) is 0 Å². The summed E-state index contributed by atoms with van der Waals surface area (Å²) in [4.78, 5) is 23.4. The minimum absolute atomic E-state index is 0.321. The van der Waals surface area contributed by atoms with Gasteiger partial charge in [-0.25, -0.2) is 9.59 Å². The summed E-state index contributed by atoms with van der Waals surface area (Å²) in [5.74, 6) is -0.775. The van der Waals surface area contributed by atoms with Gasteiger partial charge >= 0.3 is 11.9 Å². The third-order valence-electron chi connectivity index (χ3n) is 4.11. The number of anilines is 4. The number of hydrogen-bond acceptors (Lipinski definition) is 8. The van der Waals surface area contributed by atoms with E-state index in [0.717, 1.165) is 17.8 Å². The fourth-order valence-electron chi connectivity index (χ4n) is 2.66. The van der Waals surface area contributed by atoms with E-state index < -0.39 is 0 Å². The molecule has 184 valence electrons. The summed E-state index contributed by atoms with van der Waals surface area (Å²) in [6.07, 6.45) is 0.804. The molecule has 0 saturated heterocycles. The van der Waals surface area contributed by atoms with Crippen molar-refractivity contribution in [2.75, 3.05) is 48.4 Å². The van der Waals surface area contributed by atoms with Crippen molar-refractivity contribution in [1.29, 1.82) is 0 Å². The van der Waals surface area contributed by atoms with Crippen molar-refractivity contribution in [3.63, 3.8) is 0 Å². The number of nitrogen functional groups attached to an aromatic ring is 2. The molecule has 0 atom stereocenters. The molecule has 0 aromatic heterocycles. The molecule has 0 spiro atoms. The quantitative estimate of drug-likeness (QED) is 0.217. The average molecular weight is 461 g/mol. The number of carbonyl (C=O) groups is 2. The maximum absolute atomic E-state index is 11.7. The lowest BCUT2D eigenvalue weighted by atomic mass is 10.1. The van der Waals surface area contributed by atoms with Gasteiger partial charge in [0.25, 0.3) is 0 Å². The van der Waals surface area contributed by atoms with Crippen LogP contribution < -0.4 is 22.1 Å². The van der Waals surface area contributed by atoms with E-state index in [9.17, 15) is 9.59 Å². The summed E-state index contributed by atoms with van der Waals surface area (Å²) in [6.45, 7) is 13.5. The number of rotatable bonds is 10. The highest BCUT2D eigenvalue weighted by Crippen LogP contribution is 2.22. The molecular weight excluding hydrogens is 420 g/mol. The van der Waals surface area contributed by atoms with Crippen LogP contribution in [0.4, 0.5) is 22.7 Å². The van der Waals surface area contributed by atoms with E-state index in [1.54, 1.807) is 50.2 Å². The molecule has 0 aliphatic carbocycles. The van der Waals surface area contributed by atoms with Gasteiger partial charge in [-0.1, -0.05) is 27.7 Å². The molecule has 0 heterocycles. The van der Waals surface area contributed by atoms with Gasteiger partial charge in [0.05, 0.1) is 47.1 Å². The molecule has 2 aromatic carbocycles. The topological polar surface area (TPSA) is 129 Å². The lowest BCUT2D eigenvalue weighted by Crippen LogP contribution is -2.12. The van der Waals surface area contributed by atoms with Gasteiger partial charge in [-0.05, 0) is 56.7 Å². The van der Waals surface area contributed by atoms with Crippen molar-refractivity contribution >= 4 is 34.7 Å². The Morgan fingerprint density at radius 3 is 1.39 bits per heavy atom. The number of nitrogens with one attached hydrogen (secondary N) is 2. The number of nitrogens with two attached hydrogens (primary N) is 2. The van der Waals surface area contributed by atoms with Gasteiger partial charge in [0.1, 0.15) is 0 Å². The monoisotopic (exact) mass is 460 g/mol. The molecule has 8 nitrogen and oxygen atoms in total. The Balaban J connectivity index is 0.00000242. The van der Waals surface area contributed by atoms with E-state index in [1.807, 2.05) is 27.7 Å². The molecule has 0 fully saturated rings. The molecule has 0 aliphatic heterocycles. The SMILES string of the molecule is CC.CC.CCOC(=O)c1ccc(NCCCNc2ccc(C(=O)OCC)cc2N)c(N)c1. The molecule has 6 N–H and O–H groups in total. The second-order valence-corrected chi connectivity index (χ2v) is 6.25. The lowest BCUT2D eigenvalue weighted by molar-refractivity contribution is 0.0517. The average Bonchev–Trinajstić information content (AvgIpc) is 2.83. The van der Waals surface area contributed by atoms with Crippen LogP contribution in [-0.2, 0) is 9.47 Å². The van der Waals surface area contributed by atoms with Crippen molar-refractivity contribution < 1.29 is 19.1 Å². The standard InChI is InChI=1S/C21H28N4O4.2C2H6/c1-3-28-20(26)14-6-8-18(16(22)12-14)24-10-5-11-25-19-9-7-15(13-17(19)23)21(27)29-4-2;2*1-2/h6-9,12-13,24-25H,3-5,10-11,22-23H2,1-2H3;2*1-2H3. The number of hydrogen-bond donors (Lipinski definition) is 4. The highest BCUT2D eigenvalue weighted by atomic mass is 16.5. The fourth-order valence-corrected chi connectivity index (χ4v) is 2.66. The van der Waals surface area contributed by atoms with Crippen LogP contribution in [0, 0.1) is 0 Å². The maximum atomic E-state index is 11.7. The Hall–Kier alpha value is -3.42. The van der Waals surface area contributed by atoms with Crippen LogP contribution in [0.15, 0.2) is 36.4 Å². The van der Waals surface area contributed by atoms with Gasteiger partial charge in [-0.2, -0.15) is 0 Å². The highest BCUT2D eigenvalue weighted by molar-refractivity contribution is 5.92. The van der Waals surface area contributed by atoms with Crippen LogP contribution in [0.1, 0.15) is 68.7 Å². The first-order valence-electron chi connectivity index (χ1n) is 11.6. The van der Waals surface area contributed by atoms with Crippen molar-refractivity contribution in [3.8, 4) is 0 Å². The predicted molar refractivity (Wildman–Crippen MR) is 138 cm³/mol. The van der Waals surface area contributed by atoms with Crippen LogP contribution >= 0.6 is 0 Å². The van der Waals surface area contributed by atoms with Gasteiger partial charge in [0.2, 0.25) is 0 Å². The third-order valence-corrected chi connectivity index (χ3v) is 4.11. The summed E-state index contributed by atoms with van der Waals surface area (Å²) in [6, 6.07) is 10.1. The first kappa shape index (κ1) is 29.6. The van der Waals surface area contributed by atoms with E-state index in [-0.39, 0.29) is 11.9 Å². The normalized spacial score (nSPS) is 9.39.